The molecule has 0 fully saturated rings. The van der Waals surface area contributed by atoms with Crippen molar-refractivity contribution in [2.24, 2.45) is 0 Å². The molecule has 0 radical (unpaired) electrons. The highest BCUT2D eigenvalue weighted by Crippen LogP contribution is 2.28. The van der Waals surface area contributed by atoms with Gasteiger partial charge in [0.05, 0.1) is 10.7 Å². The minimum atomic E-state index is -0.722. The maximum atomic E-state index is 11.3. The smallest absolute Gasteiger partial charge is 0.320 e. The fraction of sp³-hybridized carbons (Fsp3) is 0.412. The van der Waals surface area contributed by atoms with Gasteiger partial charge in [-0.1, -0.05) is 37.3 Å². The number of rotatable bonds is 5. The monoisotopic (exact) mass is 316 g/mol. The van der Waals surface area contributed by atoms with E-state index in [1.165, 1.54) is 10.4 Å². The highest BCUT2D eigenvalue weighted by molar-refractivity contribution is 7.11. The zero-order valence-electron chi connectivity index (χ0n) is 12.7. The summed E-state index contributed by atoms with van der Waals surface area (Å²) in [6.07, 6.45) is 2.35. The first kappa shape index (κ1) is 15.2. The minimum absolute atomic E-state index is 0.382. The highest BCUT2D eigenvalue weighted by Gasteiger charge is 2.29. The predicted octanol–water partition coefficient (Wildman–Crippen LogP) is 2.96. The maximum Gasteiger partial charge on any atom is 0.320 e. The Hall–Kier alpha value is -1.72. The summed E-state index contributed by atoms with van der Waals surface area (Å²) in [5, 5.41) is 10.4. The number of hydrogen-bond donors (Lipinski definition) is 1. The van der Waals surface area contributed by atoms with Crippen molar-refractivity contribution < 1.29 is 9.90 Å². The quantitative estimate of drug-likeness (QED) is 0.921. The van der Waals surface area contributed by atoms with Crippen LogP contribution in [0.25, 0.3) is 0 Å². The number of hydrogen-bond acceptors (Lipinski definition) is 4. The fourth-order valence-electron chi connectivity index (χ4n) is 2.97. The predicted molar refractivity (Wildman–Crippen MR) is 87.2 cm³/mol. The number of carboxylic acids is 1. The molecular weight excluding hydrogens is 296 g/mol. The van der Waals surface area contributed by atoms with Crippen LogP contribution in [-0.2, 0) is 24.2 Å². The summed E-state index contributed by atoms with van der Waals surface area (Å²) in [5.41, 5.74) is 2.43. The van der Waals surface area contributed by atoms with E-state index in [0.29, 0.717) is 13.0 Å². The Morgan fingerprint density at radius 1 is 1.41 bits per heavy atom. The van der Waals surface area contributed by atoms with Crippen molar-refractivity contribution in [2.45, 2.75) is 38.8 Å². The van der Waals surface area contributed by atoms with Crippen molar-refractivity contribution in [3.05, 3.63) is 51.5 Å². The lowest BCUT2D eigenvalue weighted by Crippen LogP contribution is -2.43. The van der Waals surface area contributed by atoms with E-state index in [1.54, 1.807) is 11.3 Å². The molecule has 3 rings (SSSR count). The lowest BCUT2D eigenvalue weighted by atomic mass is 10.1. The van der Waals surface area contributed by atoms with Gasteiger partial charge in [0, 0.05) is 30.8 Å². The van der Waals surface area contributed by atoms with E-state index in [4.69, 9.17) is 4.98 Å². The lowest BCUT2D eigenvalue weighted by molar-refractivity contribution is -0.143. The van der Waals surface area contributed by atoms with Gasteiger partial charge in [-0.15, -0.1) is 11.3 Å². The van der Waals surface area contributed by atoms with Crippen LogP contribution in [0.5, 0.6) is 0 Å². The van der Waals surface area contributed by atoms with E-state index in [0.717, 1.165) is 30.1 Å². The van der Waals surface area contributed by atoms with Gasteiger partial charge in [0.25, 0.3) is 0 Å². The topological polar surface area (TPSA) is 53.4 Å². The minimum Gasteiger partial charge on any atom is -0.480 e. The summed E-state index contributed by atoms with van der Waals surface area (Å²) in [4.78, 5) is 19.4. The van der Waals surface area contributed by atoms with Gasteiger partial charge in [-0.2, -0.15) is 0 Å². The van der Waals surface area contributed by atoms with E-state index in [-0.39, 0.29) is 6.04 Å². The summed E-state index contributed by atoms with van der Waals surface area (Å²) in [6.45, 7) is 3.43. The summed E-state index contributed by atoms with van der Waals surface area (Å²) < 4.78 is 0. The number of nitrogens with zero attached hydrogens (tertiary/aromatic N) is 2. The van der Waals surface area contributed by atoms with Gasteiger partial charge < -0.3 is 5.11 Å². The summed E-state index contributed by atoms with van der Waals surface area (Å²) in [5.74, 6) is -0.722. The van der Waals surface area contributed by atoms with E-state index in [2.05, 4.69) is 17.0 Å². The first-order valence-corrected chi connectivity index (χ1v) is 8.47. The molecule has 2 heterocycles. The molecule has 0 aliphatic carbocycles. The number of benzene rings is 1. The highest BCUT2D eigenvalue weighted by atomic mass is 32.1. The average molecular weight is 316 g/mol. The van der Waals surface area contributed by atoms with Gasteiger partial charge in [-0.25, -0.2) is 4.98 Å². The third-order valence-corrected chi connectivity index (χ3v) is 5.20. The molecule has 1 atom stereocenters. The number of carboxylic acid groups (broad SMARTS) is 1. The molecule has 5 heteroatoms. The van der Waals surface area contributed by atoms with Crippen molar-refractivity contribution in [3.63, 3.8) is 0 Å². The standard InChI is InChI=1S/C17H20N2O2S/c1-2-14(17(20)21)19-9-8-13-15(11-19)22-16(18-13)10-12-6-4-3-5-7-12/h3-7,14H,2,8-11H2,1H3,(H,20,21). The number of aromatic nitrogens is 1. The Labute approximate surface area is 134 Å². The molecule has 1 aromatic heterocycles. The number of thiazole rings is 1. The van der Waals surface area contributed by atoms with E-state index < -0.39 is 5.97 Å². The van der Waals surface area contributed by atoms with Crippen LogP contribution >= 0.6 is 11.3 Å². The van der Waals surface area contributed by atoms with Crippen LogP contribution in [-0.4, -0.2) is 33.5 Å². The Balaban J connectivity index is 1.74. The molecule has 1 N–H and O–H groups in total. The molecule has 0 amide bonds. The Morgan fingerprint density at radius 3 is 2.86 bits per heavy atom. The van der Waals surface area contributed by atoms with Crippen LogP contribution in [0.1, 0.15) is 34.5 Å². The van der Waals surface area contributed by atoms with Crippen molar-refractivity contribution >= 4 is 17.3 Å². The Morgan fingerprint density at radius 2 is 2.18 bits per heavy atom. The normalized spacial score (nSPS) is 16.2. The zero-order chi connectivity index (χ0) is 15.5. The van der Waals surface area contributed by atoms with Crippen LogP contribution < -0.4 is 0 Å². The van der Waals surface area contributed by atoms with Gasteiger partial charge in [0.15, 0.2) is 0 Å². The van der Waals surface area contributed by atoms with Gasteiger partial charge in [0.1, 0.15) is 6.04 Å². The second-order valence-electron chi connectivity index (χ2n) is 5.62. The third-order valence-electron chi connectivity index (χ3n) is 4.12. The third kappa shape index (κ3) is 3.20. The molecule has 0 spiro atoms. The number of carbonyl (C=O) groups is 1. The second-order valence-corrected chi connectivity index (χ2v) is 6.79. The summed E-state index contributed by atoms with van der Waals surface area (Å²) >= 11 is 1.73. The van der Waals surface area contributed by atoms with Crippen molar-refractivity contribution in [2.75, 3.05) is 6.54 Å². The molecule has 0 saturated heterocycles. The lowest BCUT2D eigenvalue weighted by Gasteiger charge is -2.30. The van der Waals surface area contributed by atoms with Crippen molar-refractivity contribution in [1.29, 1.82) is 0 Å². The molecule has 1 aliphatic heterocycles. The molecule has 0 saturated carbocycles. The van der Waals surface area contributed by atoms with Crippen LogP contribution in [0.4, 0.5) is 0 Å². The van der Waals surface area contributed by atoms with E-state index in [1.807, 2.05) is 25.1 Å². The molecule has 1 aliphatic rings. The van der Waals surface area contributed by atoms with Crippen LogP contribution in [0.2, 0.25) is 0 Å². The number of aliphatic carboxylic acids is 1. The van der Waals surface area contributed by atoms with Gasteiger partial charge in [0.2, 0.25) is 0 Å². The zero-order valence-corrected chi connectivity index (χ0v) is 13.5. The first-order chi connectivity index (χ1) is 10.7. The molecular formula is C17H20N2O2S. The van der Waals surface area contributed by atoms with Gasteiger partial charge >= 0.3 is 5.97 Å². The van der Waals surface area contributed by atoms with Crippen LogP contribution in [0.15, 0.2) is 30.3 Å². The van der Waals surface area contributed by atoms with Crippen molar-refractivity contribution in [3.8, 4) is 0 Å². The summed E-state index contributed by atoms with van der Waals surface area (Å²) in [6, 6.07) is 9.96. The van der Waals surface area contributed by atoms with E-state index in [9.17, 15) is 9.90 Å². The largest absolute Gasteiger partial charge is 0.480 e. The fourth-order valence-corrected chi connectivity index (χ4v) is 4.14. The van der Waals surface area contributed by atoms with Crippen molar-refractivity contribution in [1.82, 2.24) is 9.88 Å². The number of fused-ring (bicyclic) bond motifs is 1. The Bertz CT molecular complexity index is 654. The maximum absolute atomic E-state index is 11.3. The molecule has 4 nitrogen and oxygen atoms in total. The molecule has 2 aromatic rings. The summed E-state index contributed by atoms with van der Waals surface area (Å²) in [7, 11) is 0. The Kier molecular flexibility index (Phi) is 4.55. The van der Waals surface area contributed by atoms with Crippen LogP contribution in [0.3, 0.4) is 0 Å². The van der Waals surface area contributed by atoms with Gasteiger partial charge in [-0.05, 0) is 12.0 Å². The molecule has 1 aromatic carbocycles. The average Bonchev–Trinajstić information content (AvgIpc) is 2.90. The van der Waals surface area contributed by atoms with E-state index >= 15 is 0 Å². The second kappa shape index (κ2) is 6.58. The molecule has 1 unspecified atom stereocenters. The first-order valence-electron chi connectivity index (χ1n) is 7.65. The SMILES string of the molecule is CCC(C(=O)O)N1CCc2nc(Cc3ccccc3)sc2C1. The molecule has 22 heavy (non-hydrogen) atoms. The molecule has 116 valence electrons. The molecule has 0 bridgehead atoms. The van der Waals surface area contributed by atoms with Crippen LogP contribution in [0, 0.1) is 0 Å². The van der Waals surface area contributed by atoms with Gasteiger partial charge in [-0.3, -0.25) is 9.69 Å².